The Kier molecular flexibility index (Phi) is 6.01. The lowest BCUT2D eigenvalue weighted by molar-refractivity contribution is -0.117. The van der Waals surface area contributed by atoms with E-state index < -0.39 is 0 Å². The number of hydrogen-bond acceptors (Lipinski definition) is 3. The van der Waals surface area contributed by atoms with E-state index in [0.29, 0.717) is 42.4 Å². The van der Waals surface area contributed by atoms with E-state index in [4.69, 9.17) is 16.3 Å². The van der Waals surface area contributed by atoms with Crippen LogP contribution in [0.1, 0.15) is 34.3 Å². The Morgan fingerprint density at radius 1 is 1.22 bits per heavy atom. The van der Waals surface area contributed by atoms with Gasteiger partial charge in [-0.25, -0.2) is 0 Å². The number of anilines is 1. The smallest absolute Gasteiger partial charge is 0.251 e. The van der Waals surface area contributed by atoms with Crippen LogP contribution in [0.15, 0.2) is 36.4 Å². The van der Waals surface area contributed by atoms with Crippen molar-refractivity contribution in [1.82, 2.24) is 5.32 Å². The third-order valence-corrected chi connectivity index (χ3v) is 4.87. The van der Waals surface area contributed by atoms with Gasteiger partial charge < -0.3 is 15.0 Å². The third kappa shape index (κ3) is 4.61. The van der Waals surface area contributed by atoms with Crippen molar-refractivity contribution in [3.8, 4) is 5.75 Å². The predicted molar refractivity (Wildman–Crippen MR) is 107 cm³/mol. The fraction of sp³-hybridized carbons (Fsp3) is 0.333. The number of carbonyl (C=O) groups is 2. The molecule has 0 bridgehead atoms. The van der Waals surface area contributed by atoms with Crippen LogP contribution in [-0.4, -0.2) is 31.5 Å². The summed E-state index contributed by atoms with van der Waals surface area (Å²) < 4.78 is 5.73. The molecule has 1 fully saturated rings. The molecule has 6 heteroatoms. The molecule has 0 unspecified atom stereocenters. The lowest BCUT2D eigenvalue weighted by Crippen LogP contribution is -2.29. The van der Waals surface area contributed by atoms with Gasteiger partial charge in [-0.3, -0.25) is 9.59 Å². The van der Waals surface area contributed by atoms with E-state index in [2.05, 4.69) is 11.4 Å². The second-order valence-electron chi connectivity index (χ2n) is 6.69. The topological polar surface area (TPSA) is 58.6 Å². The SMILES string of the molecule is Cc1ccc(OCCNC(=O)c2ccc(Cl)c(N3CCCC3=O)c2)c(C)c1. The number of hydrogen-bond donors (Lipinski definition) is 1. The summed E-state index contributed by atoms with van der Waals surface area (Å²) >= 11 is 6.22. The minimum absolute atomic E-state index is 0.0383. The standard InChI is InChI=1S/C21H23ClN2O3/c1-14-5-8-19(15(2)12-14)27-11-9-23-21(26)16-6-7-17(22)18(13-16)24-10-3-4-20(24)25/h5-8,12-13H,3-4,9-11H2,1-2H3,(H,23,26). The zero-order valence-corrected chi connectivity index (χ0v) is 16.3. The highest BCUT2D eigenvalue weighted by Crippen LogP contribution is 2.30. The number of carbonyl (C=O) groups excluding carboxylic acids is 2. The molecule has 1 N–H and O–H groups in total. The van der Waals surface area contributed by atoms with Crippen LogP contribution in [0.4, 0.5) is 5.69 Å². The summed E-state index contributed by atoms with van der Waals surface area (Å²) in [7, 11) is 0. The van der Waals surface area contributed by atoms with Crippen molar-refractivity contribution in [3.63, 3.8) is 0 Å². The fourth-order valence-electron chi connectivity index (χ4n) is 3.15. The normalized spacial score (nSPS) is 13.7. The van der Waals surface area contributed by atoms with E-state index in [1.165, 1.54) is 5.56 Å². The molecule has 142 valence electrons. The molecule has 0 saturated carbocycles. The molecule has 0 radical (unpaired) electrons. The molecule has 1 aliphatic heterocycles. The van der Waals surface area contributed by atoms with Crippen LogP contribution < -0.4 is 15.0 Å². The van der Waals surface area contributed by atoms with Crippen molar-refractivity contribution in [2.24, 2.45) is 0 Å². The molecule has 1 saturated heterocycles. The summed E-state index contributed by atoms with van der Waals surface area (Å²) in [6.45, 7) is 5.42. The average Bonchev–Trinajstić information content (AvgIpc) is 3.06. The van der Waals surface area contributed by atoms with Gasteiger partial charge >= 0.3 is 0 Å². The summed E-state index contributed by atoms with van der Waals surface area (Å²) in [6.07, 6.45) is 1.32. The predicted octanol–water partition coefficient (Wildman–Crippen LogP) is 3.89. The van der Waals surface area contributed by atoms with E-state index in [0.717, 1.165) is 17.7 Å². The highest BCUT2D eigenvalue weighted by molar-refractivity contribution is 6.34. The molecule has 0 aliphatic carbocycles. The lowest BCUT2D eigenvalue weighted by Gasteiger charge is -2.18. The first-order valence-corrected chi connectivity index (χ1v) is 9.41. The maximum Gasteiger partial charge on any atom is 0.251 e. The maximum atomic E-state index is 12.4. The zero-order chi connectivity index (χ0) is 19.4. The third-order valence-electron chi connectivity index (χ3n) is 4.55. The quantitative estimate of drug-likeness (QED) is 0.766. The number of benzene rings is 2. The van der Waals surface area contributed by atoms with Gasteiger partial charge in [0.25, 0.3) is 5.91 Å². The largest absolute Gasteiger partial charge is 0.491 e. The summed E-state index contributed by atoms with van der Waals surface area (Å²) in [5.74, 6) is 0.635. The molecule has 0 atom stereocenters. The molecule has 0 spiro atoms. The Bertz CT molecular complexity index is 867. The van der Waals surface area contributed by atoms with Crippen LogP contribution in [0.25, 0.3) is 0 Å². The minimum Gasteiger partial charge on any atom is -0.491 e. The van der Waals surface area contributed by atoms with Crippen molar-refractivity contribution < 1.29 is 14.3 Å². The lowest BCUT2D eigenvalue weighted by atomic mass is 10.1. The maximum absolute atomic E-state index is 12.4. The molecule has 1 aliphatic rings. The number of amides is 2. The molecular formula is C21H23ClN2O3. The molecule has 2 aromatic rings. The van der Waals surface area contributed by atoms with Gasteiger partial charge in [0.1, 0.15) is 12.4 Å². The highest BCUT2D eigenvalue weighted by atomic mass is 35.5. The molecule has 0 aromatic heterocycles. The highest BCUT2D eigenvalue weighted by Gasteiger charge is 2.24. The number of halogens is 1. The van der Waals surface area contributed by atoms with Crippen LogP contribution in [0.2, 0.25) is 5.02 Å². The van der Waals surface area contributed by atoms with Gasteiger partial charge in [-0.05, 0) is 50.1 Å². The van der Waals surface area contributed by atoms with Crippen molar-refractivity contribution >= 4 is 29.1 Å². The van der Waals surface area contributed by atoms with Crippen LogP contribution >= 0.6 is 11.6 Å². The molecule has 5 nitrogen and oxygen atoms in total. The summed E-state index contributed by atoms with van der Waals surface area (Å²) in [4.78, 5) is 26.0. The van der Waals surface area contributed by atoms with Crippen LogP contribution in [-0.2, 0) is 4.79 Å². The van der Waals surface area contributed by atoms with Gasteiger partial charge in [-0.1, -0.05) is 29.3 Å². The second-order valence-corrected chi connectivity index (χ2v) is 7.10. The molecule has 3 rings (SSSR count). The van der Waals surface area contributed by atoms with Crippen LogP contribution in [0, 0.1) is 13.8 Å². The minimum atomic E-state index is -0.219. The number of ether oxygens (including phenoxy) is 1. The number of rotatable bonds is 6. The van der Waals surface area contributed by atoms with Gasteiger partial charge in [-0.2, -0.15) is 0 Å². The van der Waals surface area contributed by atoms with E-state index in [1.54, 1.807) is 23.1 Å². The van der Waals surface area contributed by atoms with Crippen molar-refractivity contribution in [2.75, 3.05) is 24.6 Å². The van der Waals surface area contributed by atoms with Gasteiger partial charge in [0.15, 0.2) is 0 Å². The average molecular weight is 387 g/mol. The summed E-state index contributed by atoms with van der Waals surface area (Å²) in [5.41, 5.74) is 3.32. The van der Waals surface area contributed by atoms with Gasteiger partial charge in [0.2, 0.25) is 5.91 Å². The first-order chi connectivity index (χ1) is 13.0. The Labute approximate surface area is 164 Å². The second kappa shape index (κ2) is 8.44. The van der Waals surface area contributed by atoms with Gasteiger partial charge in [0, 0.05) is 18.5 Å². The van der Waals surface area contributed by atoms with E-state index in [1.807, 2.05) is 26.0 Å². The number of nitrogens with zero attached hydrogens (tertiary/aromatic N) is 1. The Balaban J connectivity index is 1.57. The Hall–Kier alpha value is -2.53. The molecule has 2 aromatic carbocycles. The molecular weight excluding hydrogens is 364 g/mol. The monoisotopic (exact) mass is 386 g/mol. The van der Waals surface area contributed by atoms with Crippen molar-refractivity contribution in [2.45, 2.75) is 26.7 Å². The molecule has 27 heavy (non-hydrogen) atoms. The van der Waals surface area contributed by atoms with Crippen LogP contribution in [0.5, 0.6) is 5.75 Å². The van der Waals surface area contributed by atoms with Crippen molar-refractivity contribution in [3.05, 3.63) is 58.1 Å². The summed E-state index contributed by atoms with van der Waals surface area (Å²) in [6, 6.07) is 11.0. The number of aryl methyl sites for hydroxylation is 2. The zero-order valence-electron chi connectivity index (χ0n) is 15.5. The van der Waals surface area contributed by atoms with E-state index in [-0.39, 0.29) is 11.8 Å². The first-order valence-electron chi connectivity index (χ1n) is 9.04. The Morgan fingerprint density at radius 2 is 2.04 bits per heavy atom. The Morgan fingerprint density at radius 3 is 2.74 bits per heavy atom. The van der Waals surface area contributed by atoms with E-state index >= 15 is 0 Å². The first kappa shape index (κ1) is 19.2. The summed E-state index contributed by atoms with van der Waals surface area (Å²) in [5, 5.41) is 3.31. The fourth-order valence-corrected chi connectivity index (χ4v) is 3.37. The molecule has 2 amide bonds. The number of nitrogens with one attached hydrogen (secondary N) is 1. The molecule has 1 heterocycles. The van der Waals surface area contributed by atoms with Crippen molar-refractivity contribution in [1.29, 1.82) is 0 Å². The van der Waals surface area contributed by atoms with Gasteiger partial charge in [0.05, 0.1) is 17.3 Å². The van der Waals surface area contributed by atoms with Gasteiger partial charge in [-0.15, -0.1) is 0 Å². The van der Waals surface area contributed by atoms with Crippen LogP contribution in [0.3, 0.4) is 0 Å². The van der Waals surface area contributed by atoms with E-state index in [9.17, 15) is 9.59 Å².